The first-order valence-electron chi connectivity index (χ1n) is 15.3. The van der Waals surface area contributed by atoms with E-state index in [-0.39, 0.29) is 47.6 Å². The quantitative estimate of drug-likeness (QED) is 0.356. The Morgan fingerprint density at radius 3 is 2.56 bits per heavy atom. The fraction of sp³-hybridized carbons (Fsp3) is 0.839. The largest absolute Gasteiger partial charge is 0.431 e. The van der Waals surface area contributed by atoms with Crippen LogP contribution >= 0.6 is 0 Å². The van der Waals surface area contributed by atoms with Gasteiger partial charge in [0.1, 0.15) is 11.2 Å². The summed E-state index contributed by atoms with van der Waals surface area (Å²) in [5.41, 5.74) is -2.78. The monoisotopic (exact) mass is 574 g/mol. The minimum Gasteiger partial charge on any atom is -0.431 e. The number of epoxide rings is 1. The van der Waals surface area contributed by atoms with Gasteiger partial charge in [-0.05, 0) is 74.3 Å². The van der Waals surface area contributed by atoms with Crippen LogP contribution < -0.4 is 5.63 Å². The molecule has 1 spiro atoms. The summed E-state index contributed by atoms with van der Waals surface area (Å²) in [7, 11) is 1.56. The number of hydrogen-bond acceptors (Lipinski definition) is 10. The van der Waals surface area contributed by atoms with Crippen LogP contribution in [0.1, 0.15) is 77.2 Å². The smallest absolute Gasteiger partial charge is 0.335 e. The van der Waals surface area contributed by atoms with E-state index in [1.165, 1.54) is 12.3 Å². The highest BCUT2D eigenvalue weighted by molar-refractivity contribution is 5.38. The van der Waals surface area contributed by atoms with E-state index in [0.717, 1.165) is 12.0 Å². The van der Waals surface area contributed by atoms with Gasteiger partial charge >= 0.3 is 5.63 Å². The highest BCUT2D eigenvalue weighted by Gasteiger charge is 2.86. The van der Waals surface area contributed by atoms with Crippen LogP contribution in [0.5, 0.6) is 0 Å². The Morgan fingerprint density at radius 1 is 1.02 bits per heavy atom. The minimum atomic E-state index is -1.25. The van der Waals surface area contributed by atoms with E-state index in [4.69, 9.17) is 28.1 Å². The van der Waals surface area contributed by atoms with E-state index in [9.17, 15) is 20.1 Å². The van der Waals surface area contributed by atoms with Crippen LogP contribution in [-0.2, 0) is 23.7 Å². The molecule has 10 nitrogen and oxygen atoms in total. The maximum Gasteiger partial charge on any atom is 0.335 e. The molecule has 4 saturated carbocycles. The normalized spacial score (nSPS) is 58.7. The predicted octanol–water partition coefficient (Wildman–Crippen LogP) is 2.22. The molecule has 3 N–H and O–H groups in total. The summed E-state index contributed by atoms with van der Waals surface area (Å²) in [6.45, 7) is 6.19. The third-order valence-corrected chi connectivity index (χ3v) is 13.1. The van der Waals surface area contributed by atoms with Crippen molar-refractivity contribution in [3.63, 3.8) is 0 Å². The van der Waals surface area contributed by atoms with E-state index < -0.39 is 46.5 Å². The first kappa shape index (κ1) is 27.2. The average molecular weight is 575 g/mol. The van der Waals surface area contributed by atoms with E-state index in [2.05, 4.69) is 6.92 Å². The molecular weight excluding hydrogens is 532 g/mol. The lowest BCUT2D eigenvalue weighted by Crippen LogP contribution is -2.72. The van der Waals surface area contributed by atoms with Gasteiger partial charge in [0.15, 0.2) is 12.4 Å². The lowest BCUT2D eigenvalue weighted by Gasteiger charge is -2.64. The van der Waals surface area contributed by atoms with E-state index in [1.54, 1.807) is 13.2 Å². The molecule has 0 unspecified atom stereocenters. The minimum absolute atomic E-state index is 0.0925. The zero-order valence-electron chi connectivity index (χ0n) is 24.2. The second-order valence-electron chi connectivity index (χ2n) is 14.5. The molecule has 7 aliphatic rings. The van der Waals surface area contributed by atoms with Crippen molar-refractivity contribution in [2.75, 3.05) is 7.11 Å². The zero-order chi connectivity index (χ0) is 28.7. The Bertz CT molecular complexity index is 1280. The number of methoxy groups -OCH3 is 1. The molecule has 2 bridgehead atoms. The van der Waals surface area contributed by atoms with Crippen molar-refractivity contribution in [3.8, 4) is 0 Å². The molecule has 10 heteroatoms. The van der Waals surface area contributed by atoms with Crippen molar-refractivity contribution in [3.05, 3.63) is 34.4 Å². The lowest BCUT2D eigenvalue weighted by molar-refractivity contribution is -0.351. The van der Waals surface area contributed by atoms with Gasteiger partial charge in [0.2, 0.25) is 5.79 Å². The molecule has 0 aromatic carbocycles. The van der Waals surface area contributed by atoms with Gasteiger partial charge in [0.25, 0.3) is 0 Å². The van der Waals surface area contributed by atoms with Gasteiger partial charge in [-0.1, -0.05) is 13.8 Å². The van der Waals surface area contributed by atoms with Crippen LogP contribution in [-0.4, -0.2) is 82.3 Å². The van der Waals surface area contributed by atoms with Gasteiger partial charge < -0.3 is 43.4 Å². The number of rotatable bonds is 2. The van der Waals surface area contributed by atoms with Gasteiger partial charge in [-0.2, -0.15) is 0 Å². The molecular formula is C31H42O10. The molecule has 1 aromatic rings. The van der Waals surface area contributed by atoms with E-state index in [0.29, 0.717) is 38.5 Å². The van der Waals surface area contributed by atoms with Gasteiger partial charge in [-0.15, -0.1) is 0 Å². The summed E-state index contributed by atoms with van der Waals surface area (Å²) in [5, 5.41) is 35.9. The highest BCUT2D eigenvalue weighted by atomic mass is 16.8. The van der Waals surface area contributed by atoms with E-state index >= 15 is 0 Å². The summed E-state index contributed by atoms with van der Waals surface area (Å²) in [6.07, 6.45) is 2.08. The van der Waals surface area contributed by atoms with Crippen molar-refractivity contribution in [1.29, 1.82) is 0 Å². The Kier molecular flexibility index (Phi) is 5.58. The molecule has 7 fully saturated rings. The first-order valence-corrected chi connectivity index (χ1v) is 15.3. The fourth-order valence-electron chi connectivity index (χ4n) is 10.9. The average Bonchev–Trinajstić information content (AvgIpc) is 3.59. The molecule has 8 rings (SSSR count). The summed E-state index contributed by atoms with van der Waals surface area (Å²) in [6, 6.07) is 3.17. The molecule has 0 amide bonds. The van der Waals surface area contributed by atoms with Gasteiger partial charge in [-0.3, -0.25) is 0 Å². The molecule has 1 aromatic heterocycles. The van der Waals surface area contributed by atoms with Gasteiger partial charge in [0, 0.05) is 30.9 Å². The molecule has 15 atom stereocenters. The maximum atomic E-state index is 12.8. The van der Waals surface area contributed by atoms with Crippen LogP contribution in [0.4, 0.5) is 0 Å². The second kappa shape index (κ2) is 8.41. The fourth-order valence-corrected chi connectivity index (χ4v) is 10.9. The van der Waals surface area contributed by atoms with Gasteiger partial charge in [-0.25, -0.2) is 4.79 Å². The van der Waals surface area contributed by atoms with Crippen molar-refractivity contribution < 1.29 is 43.4 Å². The van der Waals surface area contributed by atoms with Crippen molar-refractivity contribution >= 4 is 0 Å². The molecule has 4 aliphatic carbocycles. The van der Waals surface area contributed by atoms with Crippen molar-refractivity contribution in [2.45, 2.75) is 132 Å². The Labute approximate surface area is 239 Å². The summed E-state index contributed by atoms with van der Waals surface area (Å²) >= 11 is 0. The predicted molar refractivity (Wildman–Crippen MR) is 142 cm³/mol. The zero-order valence-corrected chi connectivity index (χ0v) is 24.2. The van der Waals surface area contributed by atoms with Crippen LogP contribution in [0.25, 0.3) is 0 Å². The van der Waals surface area contributed by atoms with Crippen LogP contribution in [0.3, 0.4) is 0 Å². The third-order valence-electron chi connectivity index (χ3n) is 13.1. The summed E-state index contributed by atoms with van der Waals surface area (Å²) in [4.78, 5) is 11.7. The van der Waals surface area contributed by atoms with Gasteiger partial charge in [0.05, 0.1) is 36.8 Å². The van der Waals surface area contributed by atoms with Crippen molar-refractivity contribution in [1.82, 2.24) is 0 Å². The summed E-state index contributed by atoms with van der Waals surface area (Å²) in [5.74, 6) is -1.26. The maximum absolute atomic E-state index is 12.8. The van der Waals surface area contributed by atoms with Crippen molar-refractivity contribution in [2.24, 2.45) is 22.7 Å². The molecule has 226 valence electrons. The number of aliphatic hydroxyl groups is 3. The number of ether oxygens (including phenoxy) is 5. The Morgan fingerprint density at radius 2 is 1.83 bits per heavy atom. The molecule has 0 radical (unpaired) electrons. The van der Waals surface area contributed by atoms with Crippen LogP contribution in [0, 0.1) is 22.7 Å². The third kappa shape index (κ3) is 3.18. The van der Waals surface area contributed by atoms with E-state index in [1.807, 2.05) is 13.8 Å². The highest BCUT2D eigenvalue weighted by Crippen LogP contribution is 2.78. The SMILES string of the molecule is CO[C@]12C[C@H](C)O[C@@H](O[C@@H]3C[C@H]4C[C@@H]5O[C@]56[C@@H](C[C@@H](O)[C@]5(C)[C@@H](c7ccc(=O)oc7)CC[C@@]56O)[C@@]4(C)C[C@H]3O1)[C@@H]2O. The number of aliphatic hydroxyl groups excluding tert-OH is 2. The summed E-state index contributed by atoms with van der Waals surface area (Å²) < 4.78 is 36.9. The Balaban J connectivity index is 1.15. The van der Waals surface area contributed by atoms with Crippen LogP contribution in [0.15, 0.2) is 27.6 Å². The molecule has 3 saturated heterocycles. The standard InChI is InChI=1S/C31H42O10/c1-15-12-29(36-4)25(34)26(38-15)39-19-9-17-10-23-31(41-23)21(27(17,2)13-20(19)40-29)11-22(32)28(3)18(7-8-30(28,31)35)16-5-6-24(33)37-14-16/h5-6,14-15,17-23,25-26,32,34-35H,7-13H2,1-4H3/t15-,17-,18+,19+,20+,21-,22+,23-,25-,26-,27-,28-,29+,30+,31+/m0/s1. The Hall–Kier alpha value is -1.37. The molecule has 41 heavy (non-hydrogen) atoms. The lowest BCUT2D eigenvalue weighted by atomic mass is 9.42. The van der Waals surface area contributed by atoms with Crippen LogP contribution in [0.2, 0.25) is 0 Å². The number of fused-ring (bicyclic) bond motifs is 6. The molecule has 4 heterocycles. The topological polar surface area (TPSA) is 140 Å². The second-order valence-corrected chi connectivity index (χ2v) is 14.5. The number of hydrogen-bond donors (Lipinski definition) is 3. The molecule has 3 aliphatic heterocycles. The first-order chi connectivity index (χ1) is 19.4.